The number of hydrogen-bond acceptors (Lipinski definition) is 9. The number of carbonyl (C=O) groups excluding carboxylic acids is 1. The second-order valence-corrected chi connectivity index (χ2v) is 12.8. The van der Waals surface area contributed by atoms with Gasteiger partial charge in [-0.15, -0.1) is 0 Å². The molecule has 1 aromatic carbocycles. The van der Waals surface area contributed by atoms with Gasteiger partial charge in [0.1, 0.15) is 17.3 Å². The van der Waals surface area contributed by atoms with E-state index in [4.69, 9.17) is 9.15 Å². The summed E-state index contributed by atoms with van der Waals surface area (Å²) in [5, 5.41) is 3.52. The summed E-state index contributed by atoms with van der Waals surface area (Å²) in [6, 6.07) is 12.3. The molecule has 1 N–H and O–H groups in total. The first kappa shape index (κ1) is 28.9. The lowest BCUT2D eigenvalue weighted by molar-refractivity contribution is -0.141. The van der Waals surface area contributed by atoms with E-state index >= 15 is 0 Å². The summed E-state index contributed by atoms with van der Waals surface area (Å²) in [5.41, 5.74) is 1.17. The zero-order chi connectivity index (χ0) is 30.2. The number of anilines is 1. The zero-order valence-electron chi connectivity index (χ0n) is 23.8. The Labute approximate surface area is 242 Å². The van der Waals surface area contributed by atoms with Gasteiger partial charge in [-0.3, -0.25) is 4.79 Å². The normalized spacial score (nSPS) is 12.8. The Morgan fingerprint density at radius 1 is 1.14 bits per heavy atom. The van der Waals surface area contributed by atoms with Crippen LogP contribution in [-0.2, 0) is 19.6 Å². The Kier molecular flexibility index (Phi) is 7.58. The first-order valence-electron chi connectivity index (χ1n) is 13.1. The maximum Gasteiger partial charge on any atom is 0.307 e. The van der Waals surface area contributed by atoms with Crippen LogP contribution in [-0.4, -0.2) is 46.5 Å². The number of rotatable bonds is 8. The highest BCUT2D eigenvalue weighted by Crippen LogP contribution is 2.34. The van der Waals surface area contributed by atoms with Crippen molar-refractivity contribution < 1.29 is 26.8 Å². The molecule has 0 bridgehead atoms. The molecule has 5 aromatic rings. The van der Waals surface area contributed by atoms with Crippen LogP contribution in [0.15, 0.2) is 76.5 Å². The number of furan rings is 1. The number of aromatic nitrogens is 4. The maximum atomic E-state index is 14.5. The molecule has 4 aromatic heterocycles. The first-order valence-corrected chi connectivity index (χ1v) is 14.6. The molecule has 0 fully saturated rings. The van der Waals surface area contributed by atoms with Crippen LogP contribution in [0, 0.1) is 18.2 Å². The summed E-state index contributed by atoms with van der Waals surface area (Å²) in [7, 11) is -2.78. The number of nitrogens with zero attached hydrogens (tertiary/aromatic N) is 4. The van der Waals surface area contributed by atoms with Crippen molar-refractivity contribution in [3.8, 4) is 22.8 Å². The van der Waals surface area contributed by atoms with Gasteiger partial charge in [0.05, 0.1) is 30.9 Å². The number of halogens is 1. The molecule has 12 heteroatoms. The predicted molar refractivity (Wildman–Crippen MR) is 156 cm³/mol. The van der Waals surface area contributed by atoms with Crippen molar-refractivity contribution >= 4 is 32.8 Å². The quantitative estimate of drug-likeness (QED) is 0.222. The Hall–Kier alpha value is -4.58. The lowest BCUT2D eigenvalue weighted by atomic mass is 9.84. The average molecular weight is 592 g/mol. The highest BCUT2D eigenvalue weighted by molar-refractivity contribution is 7.90. The topological polar surface area (TPSA) is 129 Å². The van der Waals surface area contributed by atoms with Crippen molar-refractivity contribution in [1.29, 1.82) is 0 Å². The highest BCUT2D eigenvalue weighted by atomic mass is 32.2. The number of pyridine rings is 1. The van der Waals surface area contributed by atoms with Gasteiger partial charge in [-0.1, -0.05) is 38.5 Å². The fourth-order valence-corrected chi connectivity index (χ4v) is 5.76. The Morgan fingerprint density at radius 3 is 2.52 bits per heavy atom. The Balaban J connectivity index is 1.70. The van der Waals surface area contributed by atoms with Gasteiger partial charge in [-0.05, 0) is 42.7 Å². The lowest BCUT2D eigenvalue weighted by Crippen LogP contribution is -2.36. The molecule has 0 aliphatic rings. The van der Waals surface area contributed by atoms with E-state index in [9.17, 15) is 17.6 Å². The van der Waals surface area contributed by atoms with Crippen LogP contribution >= 0.6 is 0 Å². The van der Waals surface area contributed by atoms with E-state index in [0.29, 0.717) is 17.3 Å². The molecule has 1 atom stereocenters. The van der Waals surface area contributed by atoms with Gasteiger partial charge in [0.25, 0.3) is 10.0 Å². The predicted octanol–water partition coefficient (Wildman–Crippen LogP) is 5.83. The molecule has 4 heterocycles. The molecule has 0 radical (unpaired) electrons. The summed E-state index contributed by atoms with van der Waals surface area (Å²) in [6.07, 6.45) is 3.87. The third kappa shape index (κ3) is 5.75. The van der Waals surface area contributed by atoms with Gasteiger partial charge in [-0.25, -0.2) is 31.7 Å². The van der Waals surface area contributed by atoms with Crippen molar-refractivity contribution in [3.05, 3.63) is 78.6 Å². The van der Waals surface area contributed by atoms with Crippen LogP contribution in [0.1, 0.15) is 32.8 Å². The fourth-order valence-electron chi connectivity index (χ4n) is 4.43. The molecule has 0 aliphatic carbocycles. The summed E-state index contributed by atoms with van der Waals surface area (Å²) < 4.78 is 53.4. The second kappa shape index (κ2) is 11.0. The van der Waals surface area contributed by atoms with Crippen LogP contribution in [0.5, 0.6) is 0 Å². The van der Waals surface area contributed by atoms with Gasteiger partial charge in [-0.2, -0.15) is 0 Å². The summed E-state index contributed by atoms with van der Waals surface area (Å²) in [4.78, 5) is 25.7. The second-order valence-electron chi connectivity index (χ2n) is 11.0. The Morgan fingerprint density at radius 2 is 1.88 bits per heavy atom. The van der Waals surface area contributed by atoms with E-state index in [-0.39, 0.29) is 45.2 Å². The highest BCUT2D eigenvalue weighted by Gasteiger charge is 2.29. The summed E-state index contributed by atoms with van der Waals surface area (Å²) in [5.74, 6) is -0.161. The van der Waals surface area contributed by atoms with Crippen molar-refractivity contribution in [1.82, 2.24) is 18.9 Å². The minimum atomic E-state index is -4.11. The van der Waals surface area contributed by atoms with E-state index in [1.165, 1.54) is 37.8 Å². The van der Waals surface area contributed by atoms with Gasteiger partial charge in [0.15, 0.2) is 17.2 Å². The maximum absolute atomic E-state index is 14.5. The number of aryl methyl sites for hydroxylation is 1. The molecule has 10 nitrogen and oxygen atoms in total. The molecular formula is C30H30FN5O5S. The average Bonchev–Trinajstić information content (AvgIpc) is 3.61. The number of nitrogens with one attached hydrogen (secondary N) is 1. The Bertz CT molecular complexity index is 1860. The minimum absolute atomic E-state index is 0.0201. The molecule has 0 saturated carbocycles. The SMILES string of the molecule is COC(=O)C[C@@H](Nc1cc(-c2ccco2)nc(-c2cn(S(=O)(=O)c3ccc(C)cc3)c3ncc(F)cc23)n1)C(C)(C)C. The zero-order valence-corrected chi connectivity index (χ0v) is 24.6. The molecule has 0 unspecified atom stereocenters. The van der Waals surface area contributed by atoms with Gasteiger partial charge in [0, 0.05) is 29.3 Å². The van der Waals surface area contributed by atoms with Crippen molar-refractivity contribution in [2.24, 2.45) is 5.41 Å². The number of benzene rings is 1. The van der Waals surface area contributed by atoms with E-state index in [2.05, 4.69) is 20.3 Å². The van der Waals surface area contributed by atoms with Crippen molar-refractivity contribution in [2.75, 3.05) is 12.4 Å². The summed E-state index contributed by atoms with van der Waals surface area (Å²) >= 11 is 0. The molecule has 0 spiro atoms. The van der Waals surface area contributed by atoms with E-state index in [1.807, 2.05) is 27.7 Å². The number of ether oxygens (including phenoxy) is 1. The van der Waals surface area contributed by atoms with Gasteiger partial charge >= 0.3 is 5.97 Å². The number of carbonyl (C=O) groups is 1. The van der Waals surface area contributed by atoms with E-state index < -0.39 is 21.8 Å². The smallest absolute Gasteiger partial charge is 0.307 e. The fraction of sp³-hybridized carbons (Fsp3) is 0.267. The molecule has 0 amide bonds. The standard InChI is InChI=1S/C30H30FN5O5S/c1-18-8-10-20(11-9-18)42(38,39)36-17-22(21-13-19(31)16-32-29(21)36)28-33-23(24-7-6-12-41-24)14-26(35-28)34-25(30(2,3)4)15-27(37)40-5/h6-14,16-17,25H,15H2,1-5H3,(H,33,34,35)/t25-/m1/s1. The van der Waals surface area contributed by atoms with Crippen LogP contribution < -0.4 is 5.32 Å². The van der Waals surface area contributed by atoms with Gasteiger partial charge < -0.3 is 14.5 Å². The molecule has 0 aliphatic heterocycles. The third-order valence-corrected chi connectivity index (χ3v) is 8.53. The molecule has 0 saturated heterocycles. The largest absolute Gasteiger partial charge is 0.469 e. The number of fused-ring (bicyclic) bond motifs is 1. The number of hydrogen-bond donors (Lipinski definition) is 1. The lowest BCUT2D eigenvalue weighted by Gasteiger charge is -2.31. The molecule has 5 rings (SSSR count). The van der Waals surface area contributed by atoms with Crippen molar-refractivity contribution in [3.63, 3.8) is 0 Å². The molecular weight excluding hydrogens is 561 g/mol. The third-order valence-electron chi connectivity index (χ3n) is 6.86. The van der Waals surface area contributed by atoms with Crippen LogP contribution in [0.2, 0.25) is 0 Å². The molecule has 218 valence electrons. The summed E-state index contributed by atoms with van der Waals surface area (Å²) in [6.45, 7) is 7.78. The van der Waals surface area contributed by atoms with Crippen LogP contribution in [0.25, 0.3) is 33.9 Å². The monoisotopic (exact) mass is 591 g/mol. The van der Waals surface area contributed by atoms with Crippen molar-refractivity contribution in [2.45, 2.75) is 45.1 Å². The van der Waals surface area contributed by atoms with E-state index in [0.717, 1.165) is 15.7 Å². The minimum Gasteiger partial charge on any atom is -0.469 e. The number of methoxy groups -OCH3 is 1. The van der Waals surface area contributed by atoms with E-state index in [1.54, 1.807) is 30.3 Å². The molecule has 42 heavy (non-hydrogen) atoms. The van der Waals surface area contributed by atoms with Gasteiger partial charge in [0.2, 0.25) is 0 Å². The number of esters is 1. The van der Waals surface area contributed by atoms with Crippen LogP contribution in [0.4, 0.5) is 10.2 Å². The van der Waals surface area contributed by atoms with Crippen LogP contribution in [0.3, 0.4) is 0 Å². The first-order chi connectivity index (χ1) is 19.9.